The lowest BCUT2D eigenvalue weighted by Gasteiger charge is -2.06. The van der Waals surface area contributed by atoms with Gasteiger partial charge in [0.25, 0.3) is 0 Å². The number of hydrogen-bond donors (Lipinski definition) is 0. The highest BCUT2D eigenvalue weighted by Gasteiger charge is 2.10. The summed E-state index contributed by atoms with van der Waals surface area (Å²) in [5.74, 6) is -0.494. The molecule has 2 aromatic rings. The van der Waals surface area contributed by atoms with Crippen molar-refractivity contribution in [1.29, 1.82) is 0 Å². The number of ether oxygens (including phenoxy) is 1. The van der Waals surface area contributed by atoms with E-state index in [0.717, 1.165) is 10.0 Å². The molecule has 0 amide bonds. The Bertz CT molecular complexity index is 599. The first-order chi connectivity index (χ1) is 9.04. The molecule has 2 rings (SSSR count). The van der Waals surface area contributed by atoms with Crippen molar-refractivity contribution in [2.75, 3.05) is 0 Å². The van der Waals surface area contributed by atoms with Crippen molar-refractivity contribution in [3.05, 3.63) is 62.3 Å². The molecule has 0 bridgehead atoms. The predicted molar refractivity (Wildman–Crippen MR) is 77.5 cm³/mol. The largest absolute Gasteiger partial charge is 0.457 e. The second kappa shape index (κ2) is 6.37. The third kappa shape index (κ3) is 4.20. The molecular formula is C13H8BrCl2NO2. The molecule has 0 aliphatic heterocycles. The van der Waals surface area contributed by atoms with Gasteiger partial charge in [-0.2, -0.15) is 0 Å². The van der Waals surface area contributed by atoms with E-state index in [1.54, 1.807) is 0 Å². The van der Waals surface area contributed by atoms with Gasteiger partial charge >= 0.3 is 5.97 Å². The Labute approximate surface area is 128 Å². The van der Waals surface area contributed by atoms with Crippen molar-refractivity contribution < 1.29 is 9.53 Å². The average Bonchev–Trinajstić information content (AvgIpc) is 2.35. The summed E-state index contributed by atoms with van der Waals surface area (Å²) in [7, 11) is 0. The van der Waals surface area contributed by atoms with Crippen LogP contribution in [0.5, 0.6) is 0 Å². The lowest BCUT2D eigenvalue weighted by atomic mass is 10.2. The molecule has 0 spiro atoms. The summed E-state index contributed by atoms with van der Waals surface area (Å²) < 4.78 is 6.10. The van der Waals surface area contributed by atoms with Crippen molar-refractivity contribution in [2.45, 2.75) is 6.61 Å². The maximum atomic E-state index is 11.8. The van der Waals surface area contributed by atoms with Crippen molar-refractivity contribution in [1.82, 2.24) is 4.98 Å². The van der Waals surface area contributed by atoms with Crippen molar-refractivity contribution in [3.63, 3.8) is 0 Å². The highest BCUT2D eigenvalue weighted by molar-refractivity contribution is 9.10. The van der Waals surface area contributed by atoms with Gasteiger partial charge in [-0.3, -0.25) is 0 Å². The van der Waals surface area contributed by atoms with Crippen LogP contribution in [0.3, 0.4) is 0 Å². The fourth-order valence-corrected chi connectivity index (χ4v) is 2.35. The molecule has 98 valence electrons. The molecule has 0 radical (unpaired) electrons. The molecule has 3 nitrogen and oxygen atoms in total. The average molecular weight is 361 g/mol. The number of hydrogen-bond acceptors (Lipinski definition) is 3. The second-order valence-electron chi connectivity index (χ2n) is 3.71. The molecule has 0 saturated heterocycles. The van der Waals surface area contributed by atoms with Gasteiger partial charge in [0.05, 0.1) is 5.56 Å². The maximum Gasteiger partial charge on any atom is 0.338 e. The minimum atomic E-state index is -0.494. The van der Waals surface area contributed by atoms with E-state index in [1.807, 2.05) is 24.3 Å². The van der Waals surface area contributed by atoms with Crippen LogP contribution in [-0.2, 0) is 11.3 Å². The second-order valence-corrected chi connectivity index (χ2v) is 5.40. The number of pyridine rings is 1. The van der Waals surface area contributed by atoms with Gasteiger partial charge < -0.3 is 4.74 Å². The topological polar surface area (TPSA) is 39.2 Å². The molecule has 0 N–H and O–H groups in total. The van der Waals surface area contributed by atoms with Gasteiger partial charge in [0, 0.05) is 4.47 Å². The SMILES string of the molecule is O=C(OCc1cccc(Br)c1)c1cc(Cl)nc(Cl)c1. The Hall–Kier alpha value is -1.10. The Kier molecular flexibility index (Phi) is 4.80. The van der Waals surface area contributed by atoms with E-state index in [9.17, 15) is 4.79 Å². The summed E-state index contributed by atoms with van der Waals surface area (Å²) in [6, 6.07) is 10.3. The number of nitrogens with zero attached hydrogens (tertiary/aromatic N) is 1. The van der Waals surface area contributed by atoms with Crippen molar-refractivity contribution in [2.24, 2.45) is 0 Å². The van der Waals surface area contributed by atoms with Crippen LogP contribution in [0.2, 0.25) is 10.3 Å². The number of aromatic nitrogens is 1. The number of carbonyl (C=O) groups excluding carboxylic acids is 1. The van der Waals surface area contributed by atoms with Crippen LogP contribution in [0.25, 0.3) is 0 Å². The van der Waals surface area contributed by atoms with Gasteiger partial charge in [-0.15, -0.1) is 0 Å². The van der Waals surface area contributed by atoms with E-state index in [4.69, 9.17) is 27.9 Å². The number of esters is 1. The molecule has 6 heteroatoms. The zero-order valence-corrected chi connectivity index (χ0v) is 12.7. The summed E-state index contributed by atoms with van der Waals surface area (Å²) in [6.07, 6.45) is 0. The first kappa shape index (κ1) is 14.3. The van der Waals surface area contributed by atoms with Crippen LogP contribution in [0.1, 0.15) is 15.9 Å². The summed E-state index contributed by atoms with van der Waals surface area (Å²) in [5.41, 5.74) is 1.16. The standard InChI is InChI=1S/C13H8BrCl2NO2/c14-10-3-1-2-8(4-10)7-19-13(18)9-5-11(15)17-12(16)6-9/h1-6H,7H2. The number of carbonyl (C=O) groups is 1. The van der Waals surface area contributed by atoms with Gasteiger partial charge in [0.2, 0.25) is 0 Å². The van der Waals surface area contributed by atoms with Crippen LogP contribution in [0, 0.1) is 0 Å². The van der Waals surface area contributed by atoms with E-state index >= 15 is 0 Å². The van der Waals surface area contributed by atoms with Gasteiger partial charge in [0.1, 0.15) is 16.9 Å². The number of benzene rings is 1. The van der Waals surface area contributed by atoms with Crippen LogP contribution in [0.4, 0.5) is 0 Å². The zero-order chi connectivity index (χ0) is 13.8. The summed E-state index contributed by atoms with van der Waals surface area (Å²) >= 11 is 14.8. The van der Waals surface area contributed by atoms with Crippen LogP contribution in [-0.4, -0.2) is 11.0 Å². The zero-order valence-electron chi connectivity index (χ0n) is 9.57. The smallest absolute Gasteiger partial charge is 0.338 e. The first-order valence-corrected chi connectivity index (χ1v) is 6.84. The third-order valence-electron chi connectivity index (χ3n) is 2.26. The highest BCUT2D eigenvalue weighted by Crippen LogP contribution is 2.17. The van der Waals surface area contributed by atoms with Gasteiger partial charge in [-0.05, 0) is 29.8 Å². The summed E-state index contributed by atoms with van der Waals surface area (Å²) in [6.45, 7) is 0.176. The van der Waals surface area contributed by atoms with Crippen molar-refractivity contribution >= 4 is 45.1 Å². The Morgan fingerprint density at radius 2 is 1.89 bits per heavy atom. The lowest BCUT2D eigenvalue weighted by Crippen LogP contribution is -2.05. The van der Waals surface area contributed by atoms with Crippen LogP contribution >= 0.6 is 39.1 Å². The maximum absolute atomic E-state index is 11.8. The minimum absolute atomic E-state index is 0.155. The fraction of sp³-hybridized carbons (Fsp3) is 0.0769. The molecular weight excluding hydrogens is 353 g/mol. The van der Waals surface area contributed by atoms with E-state index in [0.29, 0.717) is 0 Å². The third-order valence-corrected chi connectivity index (χ3v) is 3.14. The quantitative estimate of drug-likeness (QED) is 0.597. The van der Waals surface area contributed by atoms with E-state index in [-0.39, 0.29) is 22.5 Å². The molecule has 1 aromatic heterocycles. The molecule has 0 saturated carbocycles. The Morgan fingerprint density at radius 1 is 1.21 bits per heavy atom. The molecule has 0 aliphatic rings. The lowest BCUT2D eigenvalue weighted by molar-refractivity contribution is 0.0472. The van der Waals surface area contributed by atoms with Crippen LogP contribution < -0.4 is 0 Å². The van der Waals surface area contributed by atoms with Gasteiger partial charge in [-0.25, -0.2) is 9.78 Å². The predicted octanol–water partition coefficient (Wildman–Crippen LogP) is 4.51. The molecule has 0 atom stereocenters. The van der Waals surface area contributed by atoms with Gasteiger partial charge in [-0.1, -0.05) is 51.3 Å². The van der Waals surface area contributed by atoms with E-state index in [1.165, 1.54) is 12.1 Å². The van der Waals surface area contributed by atoms with Gasteiger partial charge in [0.15, 0.2) is 0 Å². The summed E-state index contributed by atoms with van der Waals surface area (Å²) in [5, 5.41) is 0.309. The first-order valence-electron chi connectivity index (χ1n) is 5.29. The summed E-state index contributed by atoms with van der Waals surface area (Å²) in [4.78, 5) is 15.6. The molecule has 19 heavy (non-hydrogen) atoms. The monoisotopic (exact) mass is 359 g/mol. The van der Waals surface area contributed by atoms with E-state index in [2.05, 4.69) is 20.9 Å². The molecule has 0 fully saturated rings. The highest BCUT2D eigenvalue weighted by atomic mass is 79.9. The Balaban J connectivity index is 2.05. The normalized spacial score (nSPS) is 10.3. The molecule has 0 aliphatic carbocycles. The molecule has 1 aromatic carbocycles. The van der Waals surface area contributed by atoms with E-state index < -0.39 is 5.97 Å². The molecule has 0 unspecified atom stereocenters. The van der Waals surface area contributed by atoms with Crippen molar-refractivity contribution in [3.8, 4) is 0 Å². The van der Waals surface area contributed by atoms with Crippen LogP contribution in [0.15, 0.2) is 40.9 Å². The fourth-order valence-electron chi connectivity index (χ4n) is 1.44. The Morgan fingerprint density at radius 3 is 2.53 bits per heavy atom. The number of rotatable bonds is 3. The number of halogens is 3. The minimum Gasteiger partial charge on any atom is -0.457 e. The molecule has 1 heterocycles.